The number of rotatable bonds is 21. The molecule has 25 heteroatoms. The largest absolute Gasteiger partial charge is 0.481 e. The van der Waals surface area contributed by atoms with Gasteiger partial charge in [0, 0.05) is 70.9 Å². The number of nitrogens with one attached hydrogen (secondary N) is 7. The number of hydrogen-bond donors (Lipinski definition) is 11. The number of anilines is 14. The number of aliphatic carboxylic acids is 1. The molecule has 0 unspecified atom stereocenters. The maximum Gasteiger partial charge on any atom is 0.408 e. The highest BCUT2D eigenvalue weighted by molar-refractivity contribution is 6.52. The number of benzene rings is 8. The maximum atomic E-state index is 11.6. The molecule has 0 saturated carbocycles. The zero-order valence-electron chi connectivity index (χ0n) is 53.0. The first-order valence-electron chi connectivity index (χ1n) is 30.3. The Morgan fingerprint density at radius 3 is 1.22 bits per heavy atom. The number of hydrogen-bond acceptors (Lipinski definition) is 21. The number of halogens is 1. The Balaban J connectivity index is 0.000000168. The van der Waals surface area contributed by atoms with Crippen molar-refractivity contribution in [3.8, 4) is 34.5 Å². The van der Waals surface area contributed by atoms with Crippen molar-refractivity contribution in [3.05, 3.63) is 273 Å². The molecule has 0 aliphatic rings. The van der Waals surface area contributed by atoms with E-state index in [0.29, 0.717) is 58.0 Å². The number of nitrogen functional groups attached to an aromatic ring is 2. The zero-order chi connectivity index (χ0) is 68.4. The molecule has 97 heavy (non-hydrogen) atoms. The average molecular weight is 1320 g/mol. The Labute approximate surface area is 566 Å². The van der Waals surface area contributed by atoms with Crippen molar-refractivity contribution < 1.29 is 33.9 Å². The summed E-state index contributed by atoms with van der Waals surface area (Å²) < 4.78 is 17.2. The first kappa shape index (κ1) is 70.1. The van der Waals surface area contributed by atoms with Crippen LogP contribution < -0.4 is 62.8 Å². The number of aromatic nitrogens is 7. The highest BCUT2D eigenvalue weighted by Gasteiger charge is 2.09. The van der Waals surface area contributed by atoms with E-state index in [9.17, 15) is 14.6 Å². The van der Waals surface area contributed by atoms with E-state index in [-0.39, 0.29) is 12.3 Å². The first-order chi connectivity index (χ1) is 47.2. The summed E-state index contributed by atoms with van der Waals surface area (Å²) >= 11 is 5.75. The van der Waals surface area contributed by atoms with E-state index < -0.39 is 13.0 Å². The lowest BCUT2D eigenvalue weighted by molar-refractivity contribution is -0.136. The van der Waals surface area contributed by atoms with Gasteiger partial charge in [-0.05, 0) is 165 Å². The molecule has 1 amide bonds. The Kier molecular flexibility index (Phi) is 27.2. The molecule has 23 nitrogen and oxygen atoms in total. The number of para-hydroxylation sites is 3. The lowest BCUT2D eigenvalue weighted by atomic mass is 9.89. The summed E-state index contributed by atoms with van der Waals surface area (Å²) in [7, 11) is -0.666. The third kappa shape index (κ3) is 26.0. The van der Waals surface area contributed by atoms with Gasteiger partial charge in [-0.1, -0.05) is 98.2 Å². The van der Waals surface area contributed by atoms with Gasteiger partial charge in [0.05, 0.1) is 0 Å². The molecule has 0 atom stereocenters. The topological polar surface area (TPSA) is 329 Å². The highest BCUT2D eigenvalue weighted by atomic mass is 35.5. The van der Waals surface area contributed by atoms with Crippen molar-refractivity contribution in [1.29, 1.82) is 0 Å². The minimum atomic E-state index is -0.745. The van der Waals surface area contributed by atoms with Crippen molar-refractivity contribution in [2.75, 3.05) is 48.6 Å². The number of carboxylic acid groups (broad SMARTS) is 1. The van der Waals surface area contributed by atoms with Crippen LogP contribution in [0.1, 0.15) is 26.7 Å². The number of ether oxygens (including phenoxy) is 3. The van der Waals surface area contributed by atoms with Crippen molar-refractivity contribution in [1.82, 2.24) is 34.9 Å². The number of nitrogens with zero attached hydrogens (tertiary/aromatic N) is 7. The molecule has 0 aliphatic heterocycles. The smallest absolute Gasteiger partial charge is 0.408 e. The molecule has 4 heterocycles. The molecule has 0 fully saturated rings. The van der Waals surface area contributed by atoms with Crippen molar-refractivity contribution in [2.45, 2.75) is 33.5 Å². The standard InChI is InChI=1S/C25H23N5O2.C22H19N5O.C12H11NO.C10H11BClN5O.C3H6O2/c1-2-25(31)30-20-8-6-7-19(15-20)29-24-16-23(26-17-27-24)28-18-11-13-22(14-12-18)32-21-9-4-3-5-10-21;23-16-5-4-6-18(13-16)27-22-14-21(24-15-25-22)26-17-9-11-20(12-10-17)28-19-7-2-1-3-8-19;13-10-6-8-12(9-7-10)14-11-4-2-1-3-5-11;1-11(18)17-9-4-2-3-8(15-9)16-10-5-7(12)13-6-14-10;1-2-3(4)5/h3-17H,2H2,1H3,(H,30,31)(H2,26,27,28,29);1-15H,23H2,(H2,24,25,26,27);1-9H,13H2;2-6,18H,1H3,(H2,13,14,15,16,17);2H2,1H3,(H,4,5). The summed E-state index contributed by atoms with van der Waals surface area (Å²) in [5, 5.41) is 38.9. The van der Waals surface area contributed by atoms with Gasteiger partial charge in [-0.25, -0.2) is 34.9 Å². The zero-order valence-corrected chi connectivity index (χ0v) is 53.7. The monoisotopic (exact) mass is 1320 g/mol. The van der Waals surface area contributed by atoms with Crippen LogP contribution in [-0.4, -0.2) is 63.9 Å². The third-order valence-corrected chi connectivity index (χ3v) is 12.8. The minimum Gasteiger partial charge on any atom is -0.481 e. The molecular weight excluding hydrogens is 1250 g/mol. The SMILES string of the molecule is CB(O)Nc1cccc(Nc2cc(Cl)ncn2)n1.CCC(=O)Nc1cccc(Nc2cc(Nc3ccc(Oc4ccccc4)cc3)ncn2)c1.CCC(=O)O.Nc1ccc(Oc2ccccc2)cc1.Nc1cccc(Nc2cc(Nc3ccc(Oc4ccccc4)cc3)ncn2)c1. The quantitative estimate of drug-likeness (QED) is 0.0181. The summed E-state index contributed by atoms with van der Waals surface area (Å²) in [6.07, 6.45) is 5.00. The van der Waals surface area contributed by atoms with Crippen molar-refractivity contribution in [2.24, 2.45) is 0 Å². The minimum absolute atomic E-state index is 0.0316. The van der Waals surface area contributed by atoms with Crippen LogP contribution in [0.4, 0.5) is 80.5 Å². The molecule has 8 aromatic carbocycles. The van der Waals surface area contributed by atoms with E-state index in [4.69, 9.17) is 42.4 Å². The normalized spacial score (nSPS) is 9.99. The van der Waals surface area contributed by atoms with Gasteiger partial charge in [-0.15, -0.1) is 0 Å². The average Bonchev–Trinajstić information content (AvgIpc) is 1.18. The van der Waals surface area contributed by atoms with Gasteiger partial charge in [-0.2, -0.15) is 0 Å². The molecule has 0 radical (unpaired) electrons. The fourth-order valence-corrected chi connectivity index (χ4v) is 8.22. The van der Waals surface area contributed by atoms with E-state index in [2.05, 4.69) is 72.0 Å². The van der Waals surface area contributed by atoms with Gasteiger partial charge >= 0.3 is 13.0 Å². The second-order valence-corrected chi connectivity index (χ2v) is 20.8. The van der Waals surface area contributed by atoms with Crippen LogP contribution in [0, 0.1) is 0 Å². The number of carbonyl (C=O) groups excluding carboxylic acids is 1. The van der Waals surface area contributed by atoms with E-state index in [1.807, 2.05) is 237 Å². The molecule has 490 valence electrons. The van der Waals surface area contributed by atoms with E-state index in [1.54, 1.807) is 31.9 Å². The maximum absolute atomic E-state index is 11.6. The molecule has 0 saturated heterocycles. The lowest BCUT2D eigenvalue weighted by Crippen LogP contribution is -2.20. The predicted octanol–water partition coefficient (Wildman–Crippen LogP) is 16.8. The summed E-state index contributed by atoms with van der Waals surface area (Å²) in [6.45, 7) is 5.03. The predicted molar refractivity (Wildman–Crippen MR) is 387 cm³/mol. The number of carboxylic acids is 1. The van der Waals surface area contributed by atoms with E-state index >= 15 is 0 Å². The van der Waals surface area contributed by atoms with Gasteiger partial charge in [0.2, 0.25) is 5.91 Å². The molecule has 12 rings (SSSR count). The summed E-state index contributed by atoms with van der Waals surface area (Å²) in [4.78, 5) is 50.1. The van der Waals surface area contributed by atoms with E-state index in [1.165, 1.54) is 19.0 Å². The van der Waals surface area contributed by atoms with Gasteiger partial charge < -0.3 is 72.9 Å². The summed E-state index contributed by atoms with van der Waals surface area (Å²) in [6, 6.07) is 77.2. The molecule has 0 aliphatic carbocycles. The lowest BCUT2D eigenvalue weighted by Gasteiger charge is -2.11. The van der Waals surface area contributed by atoms with Crippen LogP contribution in [0.2, 0.25) is 12.0 Å². The molecule has 0 bridgehead atoms. The highest BCUT2D eigenvalue weighted by Crippen LogP contribution is 2.29. The Morgan fingerprint density at radius 2 is 0.784 bits per heavy atom. The number of amides is 1. The van der Waals surface area contributed by atoms with Crippen LogP contribution >= 0.6 is 11.6 Å². The number of carbonyl (C=O) groups is 2. The summed E-state index contributed by atoms with van der Waals surface area (Å²) in [5.41, 5.74) is 17.0. The van der Waals surface area contributed by atoms with Crippen molar-refractivity contribution >= 4 is 111 Å². The Hall–Kier alpha value is -12.8. The van der Waals surface area contributed by atoms with Crippen LogP contribution in [0.15, 0.2) is 268 Å². The van der Waals surface area contributed by atoms with Gasteiger partial charge in [0.15, 0.2) is 0 Å². The Morgan fingerprint density at radius 1 is 0.402 bits per heavy atom. The number of pyridine rings is 1. The van der Waals surface area contributed by atoms with E-state index in [0.717, 1.165) is 68.6 Å². The van der Waals surface area contributed by atoms with Gasteiger partial charge in [0.1, 0.15) is 99.4 Å². The molecule has 4 aromatic heterocycles. The van der Waals surface area contributed by atoms with Crippen LogP contribution in [0.25, 0.3) is 0 Å². The molecule has 0 spiro atoms. The van der Waals surface area contributed by atoms with Crippen LogP contribution in [0.5, 0.6) is 34.5 Å². The number of nitrogens with two attached hydrogens (primary N) is 2. The fourth-order valence-electron chi connectivity index (χ4n) is 8.07. The molecular formula is C72H70BClN16O7. The first-order valence-corrected chi connectivity index (χ1v) is 30.6. The second kappa shape index (κ2) is 37.7. The van der Waals surface area contributed by atoms with Crippen LogP contribution in [0.3, 0.4) is 0 Å². The van der Waals surface area contributed by atoms with Crippen molar-refractivity contribution in [3.63, 3.8) is 0 Å². The summed E-state index contributed by atoms with van der Waals surface area (Å²) in [5.74, 6) is 8.30. The molecule has 13 N–H and O–H groups in total. The fraction of sp³-hybridized carbons (Fsp3) is 0.0694. The third-order valence-electron chi connectivity index (χ3n) is 12.6. The second-order valence-electron chi connectivity index (χ2n) is 20.4. The van der Waals surface area contributed by atoms with Gasteiger partial charge in [0.25, 0.3) is 0 Å². The van der Waals surface area contributed by atoms with Gasteiger partial charge in [-0.3, -0.25) is 9.59 Å². The van der Waals surface area contributed by atoms with Crippen LogP contribution in [-0.2, 0) is 9.59 Å². The molecule has 12 aromatic rings. The Bertz CT molecular complexity index is 4350.